The van der Waals surface area contributed by atoms with Crippen LogP contribution in [0.5, 0.6) is 11.5 Å². The molecular formula is C24H19BrN2O3. The van der Waals surface area contributed by atoms with Crippen LogP contribution in [0.3, 0.4) is 0 Å². The lowest BCUT2D eigenvalue weighted by Crippen LogP contribution is -2.24. The summed E-state index contributed by atoms with van der Waals surface area (Å²) in [6, 6.07) is 23.7. The van der Waals surface area contributed by atoms with Gasteiger partial charge in [-0.2, -0.15) is 5.10 Å². The highest BCUT2D eigenvalue weighted by Crippen LogP contribution is 2.30. The zero-order valence-corrected chi connectivity index (χ0v) is 17.8. The van der Waals surface area contributed by atoms with E-state index in [1.165, 1.54) is 0 Å². The number of rotatable bonds is 6. The normalized spacial score (nSPS) is 11.1. The molecule has 0 spiro atoms. The van der Waals surface area contributed by atoms with E-state index in [0.29, 0.717) is 11.5 Å². The van der Waals surface area contributed by atoms with E-state index in [4.69, 9.17) is 9.47 Å². The number of amides is 1. The first-order chi connectivity index (χ1) is 14.7. The van der Waals surface area contributed by atoms with Crippen LogP contribution in [-0.4, -0.2) is 25.8 Å². The summed E-state index contributed by atoms with van der Waals surface area (Å²) in [4.78, 5) is 12.2. The Hall–Kier alpha value is -3.38. The summed E-state index contributed by atoms with van der Waals surface area (Å²) >= 11 is 3.37. The van der Waals surface area contributed by atoms with Crippen molar-refractivity contribution in [2.45, 2.75) is 0 Å². The van der Waals surface area contributed by atoms with E-state index < -0.39 is 0 Å². The predicted molar refractivity (Wildman–Crippen MR) is 123 cm³/mol. The summed E-state index contributed by atoms with van der Waals surface area (Å²) in [5.74, 6) is 0.670. The van der Waals surface area contributed by atoms with Crippen LogP contribution in [0.25, 0.3) is 21.5 Å². The van der Waals surface area contributed by atoms with Gasteiger partial charge in [0.1, 0.15) is 0 Å². The fraction of sp³-hybridized carbons (Fsp3) is 0.0833. The number of hydrogen-bond acceptors (Lipinski definition) is 4. The average Bonchev–Trinajstić information content (AvgIpc) is 2.77. The van der Waals surface area contributed by atoms with Crippen LogP contribution in [0.4, 0.5) is 0 Å². The fourth-order valence-electron chi connectivity index (χ4n) is 3.29. The second kappa shape index (κ2) is 8.97. The highest BCUT2D eigenvalue weighted by Gasteiger charge is 2.08. The molecule has 0 fully saturated rings. The highest BCUT2D eigenvalue weighted by atomic mass is 79.9. The minimum Gasteiger partial charge on any atom is -0.493 e. The van der Waals surface area contributed by atoms with Gasteiger partial charge in [0.05, 0.1) is 13.3 Å². The SMILES string of the molecule is COc1cc(Br)ccc1OCC(=O)N/N=C/c1c2ccccc2cc2ccccc12. The molecule has 4 aromatic rings. The number of nitrogens with one attached hydrogen (secondary N) is 1. The van der Waals surface area contributed by atoms with Crippen molar-refractivity contribution in [2.24, 2.45) is 5.10 Å². The van der Waals surface area contributed by atoms with E-state index in [2.05, 4.69) is 44.7 Å². The number of halogens is 1. The maximum atomic E-state index is 12.2. The fourth-order valence-corrected chi connectivity index (χ4v) is 3.63. The molecule has 4 rings (SSSR count). The quantitative estimate of drug-likeness (QED) is 0.240. The number of hydrazone groups is 1. The summed E-state index contributed by atoms with van der Waals surface area (Å²) in [6.07, 6.45) is 1.68. The van der Waals surface area contributed by atoms with E-state index in [9.17, 15) is 4.79 Å². The van der Waals surface area contributed by atoms with Gasteiger partial charge in [0.25, 0.3) is 5.91 Å². The standard InChI is InChI=1S/C24H19BrN2O3/c1-29-23-13-18(25)10-11-22(23)30-15-24(28)27-26-14-21-19-8-4-2-6-16(19)12-17-7-3-5-9-20(17)21/h2-14H,15H2,1H3,(H,27,28)/b26-14+. The molecule has 5 nitrogen and oxygen atoms in total. The van der Waals surface area contributed by atoms with Crippen molar-refractivity contribution in [3.63, 3.8) is 0 Å². The lowest BCUT2D eigenvalue weighted by atomic mass is 9.97. The topological polar surface area (TPSA) is 59.9 Å². The molecule has 6 heteroatoms. The van der Waals surface area contributed by atoms with Gasteiger partial charge in [0.15, 0.2) is 18.1 Å². The number of benzene rings is 4. The monoisotopic (exact) mass is 462 g/mol. The molecule has 1 N–H and O–H groups in total. The Bertz CT molecular complexity index is 1200. The summed E-state index contributed by atoms with van der Waals surface area (Å²) < 4.78 is 11.7. The third-order valence-corrected chi connectivity index (χ3v) is 5.17. The molecule has 0 bridgehead atoms. The predicted octanol–water partition coefficient (Wildman–Crippen LogP) is 5.29. The van der Waals surface area contributed by atoms with Crippen molar-refractivity contribution in [3.8, 4) is 11.5 Å². The first-order valence-corrected chi connectivity index (χ1v) is 10.1. The molecule has 0 aliphatic rings. The second-order valence-corrected chi connectivity index (χ2v) is 7.53. The summed E-state index contributed by atoms with van der Waals surface area (Å²) in [6.45, 7) is -0.175. The van der Waals surface area contributed by atoms with E-state index in [1.54, 1.807) is 25.5 Å². The number of carbonyl (C=O) groups excluding carboxylic acids is 1. The maximum absolute atomic E-state index is 12.2. The Morgan fingerprint density at radius 3 is 2.30 bits per heavy atom. The molecule has 30 heavy (non-hydrogen) atoms. The Balaban J connectivity index is 1.50. The van der Waals surface area contributed by atoms with Gasteiger partial charge in [0.2, 0.25) is 0 Å². The summed E-state index contributed by atoms with van der Waals surface area (Å²) in [7, 11) is 1.55. The van der Waals surface area contributed by atoms with E-state index in [-0.39, 0.29) is 12.5 Å². The zero-order chi connectivity index (χ0) is 20.9. The Morgan fingerprint density at radius 2 is 1.63 bits per heavy atom. The van der Waals surface area contributed by atoms with Gasteiger partial charge in [-0.15, -0.1) is 0 Å². The van der Waals surface area contributed by atoms with Crippen LogP contribution in [-0.2, 0) is 4.79 Å². The van der Waals surface area contributed by atoms with Crippen LogP contribution in [0.1, 0.15) is 5.56 Å². The molecule has 150 valence electrons. The van der Waals surface area contributed by atoms with Gasteiger partial charge >= 0.3 is 0 Å². The molecule has 4 aromatic carbocycles. The van der Waals surface area contributed by atoms with Gasteiger partial charge in [-0.05, 0) is 45.8 Å². The third-order valence-electron chi connectivity index (χ3n) is 4.68. The molecule has 0 unspecified atom stereocenters. The lowest BCUT2D eigenvalue weighted by Gasteiger charge is -2.10. The molecular weight excluding hydrogens is 444 g/mol. The van der Waals surface area contributed by atoms with Gasteiger partial charge in [-0.3, -0.25) is 4.79 Å². The molecule has 1 amide bonds. The zero-order valence-electron chi connectivity index (χ0n) is 16.3. The summed E-state index contributed by atoms with van der Waals surface area (Å²) in [5.41, 5.74) is 3.49. The maximum Gasteiger partial charge on any atom is 0.277 e. The highest BCUT2D eigenvalue weighted by molar-refractivity contribution is 9.10. The molecule has 0 heterocycles. The van der Waals surface area contributed by atoms with Crippen molar-refractivity contribution in [1.29, 1.82) is 0 Å². The van der Waals surface area contributed by atoms with Crippen molar-refractivity contribution >= 4 is 49.6 Å². The summed E-state index contributed by atoms with van der Waals surface area (Å²) in [5, 5.41) is 8.56. The van der Waals surface area contributed by atoms with Crippen LogP contribution < -0.4 is 14.9 Å². The molecule has 0 radical (unpaired) electrons. The molecule has 0 aliphatic heterocycles. The van der Waals surface area contributed by atoms with Crippen molar-refractivity contribution in [1.82, 2.24) is 5.43 Å². The molecule has 0 saturated carbocycles. The number of methoxy groups -OCH3 is 1. The van der Waals surface area contributed by atoms with E-state index in [1.807, 2.05) is 42.5 Å². The van der Waals surface area contributed by atoms with Gasteiger partial charge < -0.3 is 9.47 Å². The molecule has 0 saturated heterocycles. The number of ether oxygens (including phenoxy) is 2. The number of hydrogen-bond donors (Lipinski definition) is 1. The van der Waals surface area contributed by atoms with E-state index >= 15 is 0 Å². The van der Waals surface area contributed by atoms with Crippen molar-refractivity contribution in [2.75, 3.05) is 13.7 Å². The van der Waals surface area contributed by atoms with Crippen LogP contribution >= 0.6 is 15.9 Å². The molecule has 0 aliphatic carbocycles. The Kier molecular flexibility index (Phi) is 5.95. The minimum absolute atomic E-state index is 0.175. The van der Waals surface area contributed by atoms with Crippen LogP contribution in [0.15, 0.2) is 82.4 Å². The average molecular weight is 463 g/mol. The molecule has 0 aromatic heterocycles. The smallest absolute Gasteiger partial charge is 0.277 e. The van der Waals surface area contributed by atoms with Crippen molar-refractivity contribution < 1.29 is 14.3 Å². The third kappa shape index (κ3) is 4.28. The molecule has 0 atom stereocenters. The number of nitrogens with zero attached hydrogens (tertiary/aromatic N) is 1. The van der Waals surface area contributed by atoms with Gasteiger partial charge in [0, 0.05) is 10.0 Å². The van der Waals surface area contributed by atoms with E-state index in [0.717, 1.165) is 31.6 Å². The van der Waals surface area contributed by atoms with Gasteiger partial charge in [-0.1, -0.05) is 64.5 Å². The van der Waals surface area contributed by atoms with Crippen LogP contribution in [0, 0.1) is 0 Å². The second-order valence-electron chi connectivity index (χ2n) is 6.61. The minimum atomic E-state index is -0.360. The van der Waals surface area contributed by atoms with Crippen molar-refractivity contribution in [3.05, 3.63) is 82.8 Å². The first kappa shape index (κ1) is 19.9. The largest absolute Gasteiger partial charge is 0.493 e. The number of fused-ring (bicyclic) bond motifs is 2. The lowest BCUT2D eigenvalue weighted by molar-refractivity contribution is -0.123. The number of carbonyl (C=O) groups is 1. The van der Waals surface area contributed by atoms with Crippen LogP contribution in [0.2, 0.25) is 0 Å². The Morgan fingerprint density at radius 1 is 0.967 bits per heavy atom. The van der Waals surface area contributed by atoms with Gasteiger partial charge in [-0.25, -0.2) is 5.43 Å². The first-order valence-electron chi connectivity index (χ1n) is 9.34. The Labute approximate surface area is 182 Å².